The third kappa shape index (κ3) is 2.57. The molecule has 2 aliphatic rings. The van der Waals surface area contributed by atoms with Gasteiger partial charge in [0, 0.05) is 18.7 Å². The van der Waals surface area contributed by atoms with Crippen molar-refractivity contribution in [3.8, 4) is 5.88 Å². The second-order valence-corrected chi connectivity index (χ2v) is 6.35. The molecule has 0 spiro atoms. The van der Waals surface area contributed by atoms with Crippen LogP contribution >= 0.6 is 0 Å². The topological polar surface area (TPSA) is 68.4 Å². The number of rotatable bonds is 5. The van der Waals surface area contributed by atoms with E-state index < -0.39 is 5.41 Å². The molecule has 2 fully saturated rings. The van der Waals surface area contributed by atoms with Gasteiger partial charge in [0.2, 0.25) is 11.8 Å². The number of amides is 1. The number of hydrogen-bond donors (Lipinski definition) is 1. The molecule has 21 heavy (non-hydrogen) atoms. The van der Waals surface area contributed by atoms with Gasteiger partial charge in [-0.3, -0.25) is 4.79 Å². The average molecular weight is 289 g/mol. The molecule has 0 atom stereocenters. The standard InChI is InChI=1S/C16H23N3O2/c1-11(2)21-14-13(16(5-6-16)15(17)20)9-12(10-18-14)19-7-3-4-8-19/h9-11H,3-8H2,1-2H3,(H2,17,20). The fourth-order valence-corrected chi connectivity index (χ4v) is 3.02. The fourth-order valence-electron chi connectivity index (χ4n) is 3.02. The summed E-state index contributed by atoms with van der Waals surface area (Å²) in [6, 6.07) is 2.06. The van der Waals surface area contributed by atoms with E-state index in [4.69, 9.17) is 10.5 Å². The van der Waals surface area contributed by atoms with Gasteiger partial charge in [-0.05, 0) is 45.6 Å². The van der Waals surface area contributed by atoms with Crippen LogP contribution in [-0.2, 0) is 10.2 Å². The Balaban J connectivity index is 1.99. The van der Waals surface area contributed by atoms with Gasteiger partial charge in [-0.1, -0.05) is 0 Å². The molecule has 0 aromatic carbocycles. The first-order valence-corrected chi connectivity index (χ1v) is 7.75. The third-order valence-corrected chi connectivity index (χ3v) is 4.39. The second-order valence-electron chi connectivity index (χ2n) is 6.35. The number of nitrogens with two attached hydrogens (primary N) is 1. The maximum Gasteiger partial charge on any atom is 0.228 e. The van der Waals surface area contributed by atoms with Crippen LogP contribution in [-0.4, -0.2) is 30.1 Å². The zero-order valence-electron chi connectivity index (χ0n) is 12.8. The van der Waals surface area contributed by atoms with Gasteiger partial charge in [0.1, 0.15) is 0 Å². The van der Waals surface area contributed by atoms with Crippen molar-refractivity contribution in [3.05, 3.63) is 17.8 Å². The summed E-state index contributed by atoms with van der Waals surface area (Å²) in [6.45, 7) is 6.03. The SMILES string of the molecule is CC(C)Oc1ncc(N2CCCC2)cc1C1(C(N)=O)CC1. The molecule has 1 saturated carbocycles. The van der Waals surface area contributed by atoms with Crippen molar-refractivity contribution >= 4 is 11.6 Å². The zero-order chi connectivity index (χ0) is 15.0. The van der Waals surface area contributed by atoms with Gasteiger partial charge >= 0.3 is 0 Å². The minimum Gasteiger partial charge on any atom is -0.475 e. The Morgan fingerprint density at radius 3 is 2.57 bits per heavy atom. The summed E-state index contributed by atoms with van der Waals surface area (Å²) in [4.78, 5) is 18.7. The van der Waals surface area contributed by atoms with Crippen LogP contribution in [0.3, 0.4) is 0 Å². The van der Waals surface area contributed by atoms with Crippen LogP contribution in [0.4, 0.5) is 5.69 Å². The van der Waals surface area contributed by atoms with Gasteiger partial charge in [-0.2, -0.15) is 0 Å². The molecule has 5 heteroatoms. The van der Waals surface area contributed by atoms with Crippen molar-refractivity contribution in [3.63, 3.8) is 0 Å². The van der Waals surface area contributed by atoms with Crippen LogP contribution in [0, 0.1) is 0 Å². The zero-order valence-corrected chi connectivity index (χ0v) is 12.8. The number of nitrogens with zero attached hydrogens (tertiary/aromatic N) is 2. The van der Waals surface area contributed by atoms with Crippen LogP contribution in [0.1, 0.15) is 45.1 Å². The summed E-state index contributed by atoms with van der Waals surface area (Å²) in [5, 5.41) is 0. The van der Waals surface area contributed by atoms with Gasteiger partial charge < -0.3 is 15.4 Å². The van der Waals surface area contributed by atoms with Crippen LogP contribution in [0.25, 0.3) is 0 Å². The lowest BCUT2D eigenvalue weighted by atomic mass is 9.95. The number of anilines is 1. The molecule has 2 heterocycles. The average Bonchev–Trinajstić information content (AvgIpc) is 3.06. The quantitative estimate of drug-likeness (QED) is 0.900. The molecule has 2 N–H and O–H groups in total. The highest BCUT2D eigenvalue weighted by Crippen LogP contribution is 2.51. The highest BCUT2D eigenvalue weighted by atomic mass is 16.5. The normalized spacial score (nSPS) is 19.9. The summed E-state index contributed by atoms with van der Waals surface area (Å²) in [6.07, 6.45) is 5.88. The van der Waals surface area contributed by atoms with Gasteiger partial charge in [0.15, 0.2) is 0 Å². The number of carbonyl (C=O) groups excluding carboxylic acids is 1. The van der Waals surface area contributed by atoms with Gasteiger partial charge in [-0.25, -0.2) is 4.98 Å². The summed E-state index contributed by atoms with van der Waals surface area (Å²) < 4.78 is 5.80. The Labute approximate surface area is 125 Å². The van der Waals surface area contributed by atoms with E-state index in [0.717, 1.165) is 37.2 Å². The highest BCUT2D eigenvalue weighted by molar-refractivity contribution is 5.90. The first-order valence-electron chi connectivity index (χ1n) is 7.75. The van der Waals surface area contributed by atoms with Gasteiger partial charge in [0.25, 0.3) is 0 Å². The molecular weight excluding hydrogens is 266 g/mol. The van der Waals surface area contributed by atoms with Crippen LogP contribution in [0.15, 0.2) is 12.3 Å². The maximum absolute atomic E-state index is 11.9. The van der Waals surface area contributed by atoms with Crippen molar-refractivity contribution in [2.24, 2.45) is 5.73 Å². The van der Waals surface area contributed by atoms with E-state index in [2.05, 4.69) is 16.0 Å². The molecule has 1 aromatic rings. The van der Waals surface area contributed by atoms with Crippen LogP contribution in [0.2, 0.25) is 0 Å². The molecule has 1 amide bonds. The predicted octanol–water partition coefficient (Wildman–Crippen LogP) is 1.99. The van der Waals surface area contributed by atoms with Crippen LogP contribution in [0.5, 0.6) is 5.88 Å². The molecule has 1 aromatic heterocycles. The Kier molecular flexibility index (Phi) is 3.51. The molecule has 1 saturated heterocycles. The molecule has 5 nitrogen and oxygen atoms in total. The number of aromatic nitrogens is 1. The van der Waals surface area contributed by atoms with Crippen LogP contribution < -0.4 is 15.4 Å². The lowest BCUT2D eigenvalue weighted by Gasteiger charge is -2.22. The monoisotopic (exact) mass is 289 g/mol. The molecule has 0 bridgehead atoms. The summed E-state index contributed by atoms with van der Waals surface area (Å²) in [5.74, 6) is 0.292. The summed E-state index contributed by atoms with van der Waals surface area (Å²) >= 11 is 0. The Hall–Kier alpha value is -1.78. The van der Waals surface area contributed by atoms with E-state index in [1.807, 2.05) is 20.0 Å². The Morgan fingerprint density at radius 1 is 1.38 bits per heavy atom. The molecule has 0 radical (unpaired) electrons. The number of hydrogen-bond acceptors (Lipinski definition) is 4. The molecule has 1 aliphatic carbocycles. The predicted molar refractivity (Wildman–Crippen MR) is 81.6 cm³/mol. The number of ether oxygens (including phenoxy) is 1. The molecule has 0 unspecified atom stereocenters. The van der Waals surface area contributed by atoms with Crippen molar-refractivity contribution in [1.29, 1.82) is 0 Å². The van der Waals surface area contributed by atoms with E-state index in [0.29, 0.717) is 5.88 Å². The molecule has 114 valence electrons. The van der Waals surface area contributed by atoms with E-state index in [1.165, 1.54) is 12.8 Å². The smallest absolute Gasteiger partial charge is 0.228 e. The first kappa shape index (κ1) is 14.2. The van der Waals surface area contributed by atoms with E-state index in [-0.39, 0.29) is 12.0 Å². The maximum atomic E-state index is 11.9. The van der Waals surface area contributed by atoms with Gasteiger partial charge in [0.05, 0.1) is 23.4 Å². The summed E-state index contributed by atoms with van der Waals surface area (Å²) in [7, 11) is 0. The highest BCUT2D eigenvalue weighted by Gasteiger charge is 2.52. The Morgan fingerprint density at radius 2 is 2.05 bits per heavy atom. The largest absolute Gasteiger partial charge is 0.475 e. The minimum absolute atomic E-state index is 0.0255. The molecule has 1 aliphatic heterocycles. The van der Waals surface area contributed by atoms with E-state index in [9.17, 15) is 4.79 Å². The molecule has 3 rings (SSSR count). The first-order chi connectivity index (χ1) is 10.0. The van der Waals surface area contributed by atoms with Crippen molar-refractivity contribution in [2.75, 3.05) is 18.0 Å². The minimum atomic E-state index is -0.563. The lowest BCUT2D eigenvalue weighted by molar-refractivity contribution is -0.120. The third-order valence-electron chi connectivity index (χ3n) is 4.39. The fraction of sp³-hybridized carbons (Fsp3) is 0.625. The summed E-state index contributed by atoms with van der Waals surface area (Å²) in [5.41, 5.74) is 7.01. The number of carbonyl (C=O) groups is 1. The second kappa shape index (κ2) is 5.20. The number of primary amides is 1. The Bertz CT molecular complexity index is 546. The lowest BCUT2D eigenvalue weighted by Crippen LogP contribution is -2.30. The van der Waals surface area contributed by atoms with Crippen molar-refractivity contribution in [1.82, 2.24) is 4.98 Å². The van der Waals surface area contributed by atoms with E-state index >= 15 is 0 Å². The number of pyridine rings is 1. The van der Waals surface area contributed by atoms with E-state index in [1.54, 1.807) is 0 Å². The van der Waals surface area contributed by atoms with Crippen molar-refractivity contribution in [2.45, 2.75) is 51.0 Å². The van der Waals surface area contributed by atoms with Crippen molar-refractivity contribution < 1.29 is 9.53 Å². The molecular formula is C16H23N3O2. The van der Waals surface area contributed by atoms with Gasteiger partial charge in [-0.15, -0.1) is 0 Å².